The number of nitrogens with one attached hydrogen (secondary N) is 2. The summed E-state index contributed by atoms with van der Waals surface area (Å²) in [6, 6.07) is 15.2. The standard InChI is InChI=1S/C23H24N4O3/c1-27-20-13-18(6-7-21(20)30-23(27)29)16-4-2-15(3-5-16)12-19(14-24)26-22(28)17-8-10-25-11-9-17/h2-7,13,17,19,25H,8-12H2,1H3,(H,26,28)/t19-/m0/s1. The van der Waals surface area contributed by atoms with Gasteiger partial charge in [-0.05, 0) is 54.8 Å². The van der Waals surface area contributed by atoms with E-state index in [4.69, 9.17) is 4.42 Å². The predicted molar refractivity (Wildman–Crippen MR) is 114 cm³/mol. The maximum atomic E-state index is 12.4. The fourth-order valence-corrected chi connectivity index (χ4v) is 3.88. The number of nitriles is 1. The minimum atomic E-state index is -0.546. The van der Waals surface area contributed by atoms with Crippen molar-refractivity contribution in [3.8, 4) is 17.2 Å². The smallest absolute Gasteiger partial charge is 0.408 e. The number of amides is 1. The minimum Gasteiger partial charge on any atom is -0.408 e. The summed E-state index contributed by atoms with van der Waals surface area (Å²) in [6.45, 7) is 1.69. The van der Waals surface area contributed by atoms with Crippen molar-refractivity contribution in [3.05, 3.63) is 58.6 Å². The number of rotatable bonds is 5. The van der Waals surface area contributed by atoms with Crippen LogP contribution < -0.4 is 16.4 Å². The van der Waals surface area contributed by atoms with Gasteiger partial charge in [0.1, 0.15) is 6.04 Å². The van der Waals surface area contributed by atoms with Gasteiger partial charge < -0.3 is 15.1 Å². The van der Waals surface area contributed by atoms with Crippen LogP contribution in [0.4, 0.5) is 0 Å². The average molecular weight is 404 g/mol. The molecular formula is C23H24N4O3. The fourth-order valence-electron chi connectivity index (χ4n) is 3.88. The van der Waals surface area contributed by atoms with E-state index in [0.29, 0.717) is 12.0 Å². The number of aromatic nitrogens is 1. The van der Waals surface area contributed by atoms with Gasteiger partial charge in [0, 0.05) is 19.4 Å². The van der Waals surface area contributed by atoms with E-state index in [1.165, 1.54) is 4.57 Å². The number of nitrogens with zero attached hydrogens (tertiary/aromatic N) is 2. The average Bonchev–Trinajstić information content (AvgIpc) is 3.07. The number of benzene rings is 2. The van der Waals surface area contributed by atoms with E-state index in [2.05, 4.69) is 16.7 Å². The molecule has 30 heavy (non-hydrogen) atoms. The Labute approximate surface area is 174 Å². The second-order valence-electron chi connectivity index (χ2n) is 7.73. The molecule has 1 fully saturated rings. The van der Waals surface area contributed by atoms with E-state index in [-0.39, 0.29) is 17.6 Å². The number of oxazole rings is 1. The third-order valence-electron chi connectivity index (χ3n) is 5.70. The molecule has 2 heterocycles. The molecule has 0 unspecified atom stereocenters. The Morgan fingerprint density at radius 3 is 2.63 bits per heavy atom. The van der Waals surface area contributed by atoms with E-state index in [1.807, 2.05) is 36.4 Å². The largest absolute Gasteiger partial charge is 0.419 e. The second kappa shape index (κ2) is 8.56. The van der Waals surface area contributed by atoms with Crippen molar-refractivity contribution in [3.63, 3.8) is 0 Å². The van der Waals surface area contributed by atoms with Crippen LogP contribution in [-0.2, 0) is 18.3 Å². The first-order chi connectivity index (χ1) is 14.5. The molecule has 0 saturated carbocycles. The Balaban J connectivity index is 1.45. The quantitative estimate of drug-likeness (QED) is 0.680. The molecule has 0 spiro atoms. The summed E-state index contributed by atoms with van der Waals surface area (Å²) in [7, 11) is 1.68. The molecule has 1 aromatic heterocycles. The molecule has 1 amide bonds. The highest BCUT2D eigenvalue weighted by Crippen LogP contribution is 2.24. The molecule has 2 N–H and O–H groups in total. The van der Waals surface area contributed by atoms with Crippen LogP contribution in [0.25, 0.3) is 22.2 Å². The van der Waals surface area contributed by atoms with Crippen molar-refractivity contribution >= 4 is 17.0 Å². The molecule has 7 heteroatoms. The first-order valence-electron chi connectivity index (χ1n) is 10.1. The Bertz CT molecular complexity index is 1150. The summed E-state index contributed by atoms with van der Waals surface area (Å²) in [4.78, 5) is 24.1. The molecule has 2 aromatic carbocycles. The van der Waals surface area contributed by atoms with Crippen LogP contribution in [0.5, 0.6) is 0 Å². The topological polar surface area (TPSA) is 100 Å². The lowest BCUT2D eigenvalue weighted by molar-refractivity contribution is -0.126. The van der Waals surface area contributed by atoms with Gasteiger partial charge in [-0.15, -0.1) is 0 Å². The molecule has 1 atom stereocenters. The van der Waals surface area contributed by atoms with E-state index >= 15 is 0 Å². The number of carbonyl (C=O) groups excluding carboxylic acids is 1. The van der Waals surface area contributed by atoms with Crippen molar-refractivity contribution in [2.45, 2.75) is 25.3 Å². The number of hydrogen-bond donors (Lipinski definition) is 2. The molecule has 154 valence electrons. The van der Waals surface area contributed by atoms with E-state index in [0.717, 1.165) is 48.1 Å². The zero-order valence-corrected chi connectivity index (χ0v) is 16.9. The number of piperidine rings is 1. The molecule has 1 aliphatic rings. The highest BCUT2D eigenvalue weighted by molar-refractivity contribution is 5.81. The van der Waals surface area contributed by atoms with Gasteiger partial charge in [-0.2, -0.15) is 5.26 Å². The zero-order valence-electron chi connectivity index (χ0n) is 16.9. The fraction of sp³-hybridized carbons (Fsp3) is 0.348. The van der Waals surface area contributed by atoms with Gasteiger partial charge in [0.25, 0.3) is 0 Å². The van der Waals surface area contributed by atoms with Gasteiger partial charge in [0.05, 0.1) is 11.6 Å². The molecule has 3 aromatic rings. The lowest BCUT2D eigenvalue weighted by Crippen LogP contribution is -2.43. The van der Waals surface area contributed by atoms with Crippen LogP contribution in [0.2, 0.25) is 0 Å². The lowest BCUT2D eigenvalue weighted by atomic mass is 9.96. The van der Waals surface area contributed by atoms with Crippen LogP contribution in [-0.4, -0.2) is 29.6 Å². The van der Waals surface area contributed by atoms with Gasteiger partial charge in [0.15, 0.2) is 5.58 Å². The Morgan fingerprint density at radius 1 is 1.23 bits per heavy atom. The number of fused-ring (bicyclic) bond motifs is 1. The summed E-state index contributed by atoms with van der Waals surface area (Å²) < 4.78 is 6.66. The summed E-state index contributed by atoms with van der Waals surface area (Å²) in [5.41, 5.74) is 4.26. The van der Waals surface area contributed by atoms with E-state index in [9.17, 15) is 14.9 Å². The second-order valence-corrected chi connectivity index (χ2v) is 7.73. The van der Waals surface area contributed by atoms with Gasteiger partial charge in [-0.3, -0.25) is 9.36 Å². The molecule has 0 radical (unpaired) electrons. The molecule has 0 aliphatic carbocycles. The van der Waals surface area contributed by atoms with Crippen LogP contribution >= 0.6 is 0 Å². The van der Waals surface area contributed by atoms with Crippen LogP contribution in [0.3, 0.4) is 0 Å². The summed E-state index contributed by atoms with van der Waals surface area (Å²) in [5.74, 6) is -0.427. The maximum Gasteiger partial charge on any atom is 0.419 e. The SMILES string of the molecule is Cn1c(=O)oc2ccc(-c3ccc(C[C@@H](C#N)NC(=O)C4CCNCC4)cc3)cc21. The highest BCUT2D eigenvalue weighted by Gasteiger charge is 2.23. The molecule has 7 nitrogen and oxygen atoms in total. The van der Waals surface area contributed by atoms with Gasteiger partial charge in [-0.25, -0.2) is 4.79 Å². The number of aryl methyl sites for hydroxylation is 1. The van der Waals surface area contributed by atoms with Crippen molar-refractivity contribution in [2.24, 2.45) is 13.0 Å². The van der Waals surface area contributed by atoms with Gasteiger partial charge in [-0.1, -0.05) is 30.3 Å². The molecule has 1 saturated heterocycles. The van der Waals surface area contributed by atoms with Gasteiger partial charge >= 0.3 is 5.76 Å². The molecular weight excluding hydrogens is 380 g/mol. The van der Waals surface area contributed by atoms with Crippen LogP contribution in [0, 0.1) is 17.2 Å². The highest BCUT2D eigenvalue weighted by atomic mass is 16.4. The Hall–Kier alpha value is -3.37. The molecule has 4 rings (SSSR count). The maximum absolute atomic E-state index is 12.4. The van der Waals surface area contributed by atoms with Crippen molar-refractivity contribution in [1.82, 2.24) is 15.2 Å². The first-order valence-corrected chi connectivity index (χ1v) is 10.1. The van der Waals surface area contributed by atoms with Crippen molar-refractivity contribution in [1.29, 1.82) is 5.26 Å². The van der Waals surface area contributed by atoms with Crippen molar-refractivity contribution in [2.75, 3.05) is 13.1 Å². The third kappa shape index (κ3) is 4.14. The summed E-state index contributed by atoms with van der Waals surface area (Å²) in [6.07, 6.45) is 2.08. The third-order valence-corrected chi connectivity index (χ3v) is 5.70. The predicted octanol–water partition coefficient (Wildman–Crippen LogP) is 2.35. The van der Waals surface area contributed by atoms with E-state index < -0.39 is 6.04 Å². The first kappa shape index (κ1) is 19.9. The van der Waals surface area contributed by atoms with Crippen LogP contribution in [0.15, 0.2) is 51.7 Å². The van der Waals surface area contributed by atoms with Gasteiger partial charge in [0.2, 0.25) is 5.91 Å². The van der Waals surface area contributed by atoms with E-state index in [1.54, 1.807) is 13.1 Å². The summed E-state index contributed by atoms with van der Waals surface area (Å²) >= 11 is 0. The van der Waals surface area contributed by atoms with Crippen molar-refractivity contribution < 1.29 is 9.21 Å². The minimum absolute atomic E-state index is 0.0155. The number of carbonyl (C=O) groups is 1. The Kier molecular flexibility index (Phi) is 5.68. The van der Waals surface area contributed by atoms with Crippen LogP contribution in [0.1, 0.15) is 18.4 Å². The summed E-state index contributed by atoms with van der Waals surface area (Å²) in [5, 5.41) is 15.6. The lowest BCUT2D eigenvalue weighted by Gasteiger charge is -2.23. The Morgan fingerprint density at radius 2 is 1.93 bits per heavy atom. The monoisotopic (exact) mass is 404 g/mol. The molecule has 0 bridgehead atoms. The number of hydrogen-bond acceptors (Lipinski definition) is 5. The normalized spacial score (nSPS) is 15.6. The zero-order chi connectivity index (χ0) is 21.1. The molecule has 1 aliphatic heterocycles.